The van der Waals surface area contributed by atoms with Crippen LogP contribution in [-0.2, 0) is 14.8 Å². The van der Waals surface area contributed by atoms with Gasteiger partial charge in [-0.25, -0.2) is 13.1 Å². The summed E-state index contributed by atoms with van der Waals surface area (Å²) in [7, 11) is -3.23. The fourth-order valence-corrected chi connectivity index (χ4v) is 2.80. The molecule has 0 amide bonds. The summed E-state index contributed by atoms with van der Waals surface area (Å²) < 4.78 is 31.9. The Morgan fingerprint density at radius 3 is 2.42 bits per heavy atom. The van der Waals surface area contributed by atoms with E-state index in [9.17, 15) is 8.42 Å². The highest BCUT2D eigenvalue weighted by Crippen LogP contribution is 1.99. The van der Waals surface area contributed by atoms with Crippen molar-refractivity contribution in [3.05, 3.63) is 0 Å². The number of nitrogens with one attached hydrogen (secondary N) is 2. The third kappa shape index (κ3) is 6.67. The normalized spacial score (nSPS) is 19.8. The summed E-state index contributed by atoms with van der Waals surface area (Å²) in [6.45, 7) is 10.7. The second-order valence-corrected chi connectivity index (χ2v) is 7.45. The van der Waals surface area contributed by atoms with Crippen molar-refractivity contribution >= 4 is 10.0 Å². The molecule has 0 aromatic heterocycles. The molecular weight excluding hydrogens is 266 g/mol. The van der Waals surface area contributed by atoms with Gasteiger partial charge in [-0.2, -0.15) is 0 Å². The van der Waals surface area contributed by atoms with Crippen LogP contribution in [0.2, 0.25) is 0 Å². The van der Waals surface area contributed by atoms with Gasteiger partial charge in [0, 0.05) is 38.8 Å². The lowest BCUT2D eigenvalue weighted by atomic mass is 10.3. The zero-order chi connectivity index (χ0) is 14.3. The fraction of sp³-hybridized carbons (Fsp3) is 1.00. The van der Waals surface area contributed by atoms with Gasteiger partial charge in [-0.3, -0.25) is 4.90 Å². The van der Waals surface area contributed by atoms with E-state index in [0.717, 1.165) is 32.8 Å². The minimum atomic E-state index is -3.23. The summed E-state index contributed by atoms with van der Waals surface area (Å²) in [5.74, 6) is 0. The minimum Gasteiger partial charge on any atom is -0.379 e. The topological polar surface area (TPSA) is 70.7 Å². The zero-order valence-electron chi connectivity index (χ0n) is 12.2. The molecule has 19 heavy (non-hydrogen) atoms. The molecule has 0 aromatic carbocycles. The molecule has 1 aliphatic heterocycles. The molecule has 1 saturated heterocycles. The minimum absolute atomic E-state index is 0.297. The van der Waals surface area contributed by atoms with Gasteiger partial charge in [0.25, 0.3) is 0 Å². The van der Waals surface area contributed by atoms with Crippen LogP contribution < -0.4 is 10.0 Å². The van der Waals surface area contributed by atoms with E-state index in [-0.39, 0.29) is 0 Å². The Morgan fingerprint density at radius 1 is 1.21 bits per heavy atom. The van der Waals surface area contributed by atoms with Crippen molar-refractivity contribution in [2.24, 2.45) is 0 Å². The maximum atomic E-state index is 12.0. The van der Waals surface area contributed by atoms with E-state index in [2.05, 4.69) is 14.9 Å². The van der Waals surface area contributed by atoms with Gasteiger partial charge in [0.15, 0.2) is 0 Å². The van der Waals surface area contributed by atoms with Crippen LogP contribution in [0.25, 0.3) is 0 Å². The lowest BCUT2D eigenvalue weighted by Crippen LogP contribution is -2.45. The van der Waals surface area contributed by atoms with Crippen LogP contribution in [0, 0.1) is 0 Å². The molecule has 1 heterocycles. The molecule has 1 aliphatic rings. The van der Waals surface area contributed by atoms with Gasteiger partial charge in [0.1, 0.15) is 0 Å². The molecule has 0 saturated carbocycles. The van der Waals surface area contributed by atoms with Crippen molar-refractivity contribution in [2.75, 3.05) is 45.9 Å². The van der Waals surface area contributed by atoms with Crippen molar-refractivity contribution < 1.29 is 13.2 Å². The van der Waals surface area contributed by atoms with Crippen LogP contribution >= 0.6 is 0 Å². The predicted octanol–water partition coefficient (Wildman–Crippen LogP) is -0.375. The lowest BCUT2D eigenvalue weighted by molar-refractivity contribution is 0.0390. The number of sulfonamides is 1. The largest absolute Gasteiger partial charge is 0.379 e. The van der Waals surface area contributed by atoms with Gasteiger partial charge in [-0.05, 0) is 6.92 Å². The third-order valence-electron chi connectivity index (χ3n) is 3.18. The van der Waals surface area contributed by atoms with Gasteiger partial charge in [-0.15, -0.1) is 0 Å². The molecule has 1 rings (SSSR count). The van der Waals surface area contributed by atoms with E-state index < -0.39 is 15.3 Å². The molecule has 6 nitrogen and oxygen atoms in total. The highest BCUT2D eigenvalue weighted by atomic mass is 32.2. The maximum absolute atomic E-state index is 12.0. The summed E-state index contributed by atoms with van der Waals surface area (Å²) in [6.07, 6.45) is 0. The Balaban J connectivity index is 2.25. The van der Waals surface area contributed by atoms with E-state index in [1.54, 1.807) is 6.92 Å². The maximum Gasteiger partial charge on any atom is 0.215 e. The average molecular weight is 293 g/mol. The van der Waals surface area contributed by atoms with E-state index in [1.807, 2.05) is 13.8 Å². The van der Waals surface area contributed by atoms with Crippen LogP contribution in [-0.4, -0.2) is 70.5 Å². The predicted molar refractivity (Wildman–Crippen MR) is 76.8 cm³/mol. The first kappa shape index (κ1) is 16.8. The Morgan fingerprint density at radius 2 is 1.84 bits per heavy atom. The van der Waals surface area contributed by atoms with Crippen molar-refractivity contribution in [1.29, 1.82) is 0 Å². The molecule has 114 valence electrons. The Bertz CT molecular complexity index is 340. The summed E-state index contributed by atoms with van der Waals surface area (Å²) in [5.41, 5.74) is 0. The molecule has 0 spiro atoms. The van der Waals surface area contributed by atoms with E-state index in [1.165, 1.54) is 0 Å². The van der Waals surface area contributed by atoms with Gasteiger partial charge in [0.05, 0.1) is 18.5 Å². The monoisotopic (exact) mass is 293 g/mol. The van der Waals surface area contributed by atoms with E-state index >= 15 is 0 Å². The molecule has 7 heteroatoms. The standard InChI is InChI=1S/C12H27N3O3S/c1-11(2)13-10-12(3)19(16,17)14-4-5-15-6-8-18-9-7-15/h11-14H,4-10H2,1-3H3. The van der Waals surface area contributed by atoms with Crippen LogP contribution in [0.1, 0.15) is 20.8 Å². The first-order chi connectivity index (χ1) is 8.92. The van der Waals surface area contributed by atoms with Crippen LogP contribution in [0.3, 0.4) is 0 Å². The fourth-order valence-electron chi connectivity index (χ4n) is 1.82. The molecule has 0 aromatic rings. The number of hydrogen-bond acceptors (Lipinski definition) is 5. The number of ether oxygens (including phenoxy) is 1. The molecule has 2 N–H and O–H groups in total. The summed E-state index contributed by atoms with van der Waals surface area (Å²) in [4.78, 5) is 2.21. The molecule has 0 aliphatic carbocycles. The highest BCUT2D eigenvalue weighted by molar-refractivity contribution is 7.90. The van der Waals surface area contributed by atoms with Gasteiger partial charge in [0.2, 0.25) is 10.0 Å². The zero-order valence-corrected chi connectivity index (χ0v) is 13.0. The van der Waals surface area contributed by atoms with Gasteiger partial charge >= 0.3 is 0 Å². The van der Waals surface area contributed by atoms with E-state index in [4.69, 9.17) is 4.74 Å². The first-order valence-electron chi connectivity index (χ1n) is 6.94. The highest BCUT2D eigenvalue weighted by Gasteiger charge is 2.20. The number of morpholine rings is 1. The van der Waals surface area contributed by atoms with Crippen molar-refractivity contribution in [3.63, 3.8) is 0 Å². The summed E-state index contributed by atoms with van der Waals surface area (Å²) in [6, 6.07) is 0.297. The molecule has 0 radical (unpaired) electrons. The van der Waals surface area contributed by atoms with Crippen molar-refractivity contribution in [3.8, 4) is 0 Å². The number of hydrogen-bond donors (Lipinski definition) is 2. The number of nitrogens with zero attached hydrogens (tertiary/aromatic N) is 1. The van der Waals surface area contributed by atoms with Crippen LogP contribution in [0.15, 0.2) is 0 Å². The molecular formula is C12H27N3O3S. The van der Waals surface area contributed by atoms with Gasteiger partial charge in [-0.1, -0.05) is 13.8 Å². The van der Waals surface area contributed by atoms with E-state index in [0.29, 0.717) is 19.1 Å². The SMILES string of the molecule is CC(C)NCC(C)S(=O)(=O)NCCN1CCOCC1. The molecule has 1 fully saturated rings. The van der Waals surface area contributed by atoms with Gasteiger partial charge < -0.3 is 10.1 Å². The second kappa shape index (κ2) is 8.16. The molecule has 1 unspecified atom stereocenters. The summed E-state index contributed by atoms with van der Waals surface area (Å²) >= 11 is 0. The Hall–Kier alpha value is -0.210. The Labute approximate surface area is 116 Å². The first-order valence-corrected chi connectivity index (χ1v) is 8.48. The van der Waals surface area contributed by atoms with Crippen LogP contribution in [0.4, 0.5) is 0 Å². The molecule has 1 atom stereocenters. The van der Waals surface area contributed by atoms with Crippen molar-refractivity contribution in [1.82, 2.24) is 14.9 Å². The smallest absolute Gasteiger partial charge is 0.215 e. The van der Waals surface area contributed by atoms with Crippen LogP contribution in [0.5, 0.6) is 0 Å². The quantitative estimate of drug-likeness (QED) is 0.639. The van der Waals surface area contributed by atoms with Crippen molar-refractivity contribution in [2.45, 2.75) is 32.1 Å². The lowest BCUT2D eigenvalue weighted by Gasteiger charge is -2.26. The summed E-state index contributed by atoms with van der Waals surface area (Å²) in [5, 5.41) is 2.73. The Kier molecular flexibility index (Phi) is 7.23. The number of rotatable bonds is 8. The second-order valence-electron chi connectivity index (χ2n) is 5.27. The third-order valence-corrected chi connectivity index (χ3v) is 5.01. The average Bonchev–Trinajstić information content (AvgIpc) is 2.36. The molecule has 0 bridgehead atoms.